The molecule has 1 aromatic carbocycles. The number of piperidine rings is 1. The second kappa shape index (κ2) is 8.54. The van der Waals surface area contributed by atoms with Crippen molar-refractivity contribution in [3.8, 4) is 0 Å². The van der Waals surface area contributed by atoms with Gasteiger partial charge in [-0.3, -0.25) is 4.90 Å². The highest BCUT2D eigenvalue weighted by atomic mass is 15.2. The van der Waals surface area contributed by atoms with Gasteiger partial charge < -0.3 is 4.90 Å². The van der Waals surface area contributed by atoms with Crippen LogP contribution in [0.4, 0.5) is 0 Å². The molecule has 3 rings (SSSR count). The molecule has 0 N–H and O–H groups in total. The van der Waals surface area contributed by atoms with Crippen LogP contribution < -0.4 is 0 Å². The molecule has 25 heavy (non-hydrogen) atoms. The lowest BCUT2D eigenvalue weighted by Gasteiger charge is -2.36. The Morgan fingerprint density at radius 3 is 2.64 bits per heavy atom. The Hall–Kier alpha value is -1.78. The van der Waals surface area contributed by atoms with Crippen LogP contribution in [0.3, 0.4) is 0 Å². The summed E-state index contributed by atoms with van der Waals surface area (Å²) in [6.45, 7) is 5.17. The summed E-state index contributed by atoms with van der Waals surface area (Å²) in [6.07, 6.45) is 6.62. The van der Waals surface area contributed by atoms with E-state index in [9.17, 15) is 0 Å². The van der Waals surface area contributed by atoms with Gasteiger partial charge in [-0.25, -0.2) is 9.97 Å². The molecular formula is C21H30N4. The van der Waals surface area contributed by atoms with Gasteiger partial charge in [-0.05, 0) is 50.7 Å². The predicted octanol–water partition coefficient (Wildman–Crippen LogP) is 3.83. The fourth-order valence-electron chi connectivity index (χ4n) is 3.68. The number of aryl methyl sites for hydroxylation is 1. The van der Waals surface area contributed by atoms with Crippen molar-refractivity contribution in [2.24, 2.45) is 0 Å². The van der Waals surface area contributed by atoms with E-state index in [1.54, 1.807) is 0 Å². The first-order chi connectivity index (χ1) is 12.2. The summed E-state index contributed by atoms with van der Waals surface area (Å²) < 4.78 is 0. The molecule has 0 aliphatic carbocycles. The Bertz CT molecular complexity index is 666. The minimum absolute atomic E-state index is 0.502. The number of rotatable bonds is 6. The number of likely N-dealkylation sites (tertiary alicyclic amines) is 1. The van der Waals surface area contributed by atoms with E-state index in [-0.39, 0.29) is 0 Å². The summed E-state index contributed by atoms with van der Waals surface area (Å²) >= 11 is 0. The van der Waals surface area contributed by atoms with Crippen LogP contribution >= 0.6 is 0 Å². The van der Waals surface area contributed by atoms with E-state index in [0.717, 1.165) is 37.6 Å². The third-order valence-electron chi connectivity index (χ3n) is 4.92. The second-order valence-corrected chi connectivity index (χ2v) is 7.28. The molecule has 1 aliphatic rings. The molecule has 1 saturated heterocycles. The minimum Gasteiger partial charge on any atom is -0.305 e. The smallest absolute Gasteiger partial charge is 0.128 e. The van der Waals surface area contributed by atoms with Gasteiger partial charge in [0.15, 0.2) is 0 Å². The van der Waals surface area contributed by atoms with Gasteiger partial charge in [0.1, 0.15) is 5.82 Å². The van der Waals surface area contributed by atoms with Crippen LogP contribution in [0.2, 0.25) is 0 Å². The van der Waals surface area contributed by atoms with Crippen molar-refractivity contribution >= 4 is 0 Å². The van der Waals surface area contributed by atoms with Crippen LogP contribution in [-0.4, -0.2) is 40.4 Å². The van der Waals surface area contributed by atoms with Crippen molar-refractivity contribution in [2.45, 2.75) is 51.7 Å². The monoisotopic (exact) mass is 338 g/mol. The maximum Gasteiger partial charge on any atom is 0.128 e. The molecule has 1 fully saturated rings. The molecule has 0 spiro atoms. The second-order valence-electron chi connectivity index (χ2n) is 7.28. The van der Waals surface area contributed by atoms with E-state index in [0.29, 0.717) is 6.04 Å². The molecule has 0 saturated carbocycles. The van der Waals surface area contributed by atoms with E-state index < -0.39 is 0 Å². The van der Waals surface area contributed by atoms with Crippen molar-refractivity contribution in [3.05, 3.63) is 59.2 Å². The molecule has 0 radical (unpaired) electrons. The zero-order valence-corrected chi connectivity index (χ0v) is 15.8. The SMILES string of the molecule is CCc1nccc(CN2CCCC[C@@H]2c2ccc(CN(C)C)cc2)n1. The highest BCUT2D eigenvalue weighted by Gasteiger charge is 2.24. The highest BCUT2D eigenvalue weighted by Crippen LogP contribution is 2.32. The summed E-state index contributed by atoms with van der Waals surface area (Å²) in [5.74, 6) is 0.944. The average molecular weight is 338 g/mol. The van der Waals surface area contributed by atoms with Gasteiger partial charge in [-0.1, -0.05) is 37.6 Å². The van der Waals surface area contributed by atoms with Crippen molar-refractivity contribution in [2.75, 3.05) is 20.6 Å². The summed E-state index contributed by atoms with van der Waals surface area (Å²) in [5, 5.41) is 0. The summed E-state index contributed by atoms with van der Waals surface area (Å²) in [5.41, 5.74) is 3.95. The standard InChI is InChI=1S/C21H30N4/c1-4-21-22-13-12-19(23-21)16-25-14-6-5-7-20(25)18-10-8-17(9-11-18)15-24(2)3/h8-13,20H,4-7,14-16H2,1-3H3/t20-/m1/s1. The molecule has 1 aliphatic heterocycles. The Balaban J connectivity index is 1.74. The average Bonchev–Trinajstić information content (AvgIpc) is 2.63. The lowest BCUT2D eigenvalue weighted by Crippen LogP contribution is -2.33. The van der Waals surface area contributed by atoms with Crippen LogP contribution in [0.25, 0.3) is 0 Å². The first-order valence-electron chi connectivity index (χ1n) is 9.44. The van der Waals surface area contributed by atoms with Gasteiger partial charge in [0.25, 0.3) is 0 Å². The Morgan fingerprint density at radius 1 is 1.12 bits per heavy atom. The zero-order valence-electron chi connectivity index (χ0n) is 15.8. The van der Waals surface area contributed by atoms with E-state index >= 15 is 0 Å². The van der Waals surface area contributed by atoms with E-state index in [1.807, 2.05) is 6.20 Å². The third-order valence-corrected chi connectivity index (χ3v) is 4.92. The first kappa shape index (κ1) is 18.0. The molecule has 4 heteroatoms. The quantitative estimate of drug-likeness (QED) is 0.801. The molecule has 2 heterocycles. The Kier molecular flexibility index (Phi) is 6.16. The largest absolute Gasteiger partial charge is 0.305 e. The summed E-state index contributed by atoms with van der Waals surface area (Å²) in [6, 6.07) is 11.8. The van der Waals surface area contributed by atoms with Gasteiger partial charge in [0.2, 0.25) is 0 Å². The minimum atomic E-state index is 0.502. The number of nitrogens with zero attached hydrogens (tertiary/aromatic N) is 4. The van der Waals surface area contributed by atoms with Gasteiger partial charge >= 0.3 is 0 Å². The number of hydrogen-bond donors (Lipinski definition) is 0. The van der Waals surface area contributed by atoms with Gasteiger partial charge in [0.05, 0.1) is 5.69 Å². The van der Waals surface area contributed by atoms with E-state index in [1.165, 1.54) is 30.4 Å². The van der Waals surface area contributed by atoms with Crippen molar-refractivity contribution < 1.29 is 0 Å². The van der Waals surface area contributed by atoms with Crippen LogP contribution in [0.15, 0.2) is 36.5 Å². The van der Waals surface area contributed by atoms with E-state index in [2.05, 4.69) is 66.1 Å². The number of hydrogen-bond acceptors (Lipinski definition) is 4. The molecule has 0 unspecified atom stereocenters. The maximum atomic E-state index is 4.70. The first-order valence-corrected chi connectivity index (χ1v) is 9.44. The Morgan fingerprint density at radius 2 is 1.92 bits per heavy atom. The molecule has 4 nitrogen and oxygen atoms in total. The third kappa shape index (κ3) is 4.86. The van der Waals surface area contributed by atoms with Crippen molar-refractivity contribution in [3.63, 3.8) is 0 Å². The fourth-order valence-corrected chi connectivity index (χ4v) is 3.68. The molecule has 1 atom stereocenters. The van der Waals surface area contributed by atoms with E-state index in [4.69, 9.17) is 4.98 Å². The van der Waals surface area contributed by atoms with Crippen molar-refractivity contribution in [1.82, 2.24) is 19.8 Å². The van der Waals surface area contributed by atoms with Gasteiger partial charge in [-0.15, -0.1) is 0 Å². The van der Waals surface area contributed by atoms with Gasteiger partial charge in [0, 0.05) is 31.7 Å². The summed E-state index contributed by atoms with van der Waals surface area (Å²) in [4.78, 5) is 13.8. The number of aromatic nitrogens is 2. The number of benzene rings is 1. The van der Waals surface area contributed by atoms with Crippen molar-refractivity contribution in [1.29, 1.82) is 0 Å². The molecule has 134 valence electrons. The predicted molar refractivity (Wildman–Crippen MR) is 102 cm³/mol. The molecular weight excluding hydrogens is 308 g/mol. The van der Waals surface area contributed by atoms with Crippen LogP contribution in [0.5, 0.6) is 0 Å². The van der Waals surface area contributed by atoms with Crippen LogP contribution in [0, 0.1) is 0 Å². The lowest BCUT2D eigenvalue weighted by atomic mass is 9.94. The highest BCUT2D eigenvalue weighted by molar-refractivity contribution is 5.25. The molecule has 2 aromatic rings. The van der Waals surface area contributed by atoms with Crippen LogP contribution in [-0.2, 0) is 19.5 Å². The Labute approximate surface area is 151 Å². The maximum absolute atomic E-state index is 4.70. The topological polar surface area (TPSA) is 32.3 Å². The fraction of sp³-hybridized carbons (Fsp3) is 0.524. The zero-order chi connectivity index (χ0) is 17.6. The molecule has 0 bridgehead atoms. The van der Waals surface area contributed by atoms with Crippen LogP contribution in [0.1, 0.15) is 54.9 Å². The molecule has 1 aromatic heterocycles. The van der Waals surface area contributed by atoms with Gasteiger partial charge in [-0.2, -0.15) is 0 Å². The normalized spacial score (nSPS) is 18.6. The molecule has 0 amide bonds. The summed E-state index contributed by atoms with van der Waals surface area (Å²) in [7, 11) is 4.23. The lowest BCUT2D eigenvalue weighted by molar-refractivity contribution is 0.138.